The van der Waals surface area contributed by atoms with E-state index in [-0.39, 0.29) is 16.4 Å². The van der Waals surface area contributed by atoms with Gasteiger partial charge in [0.1, 0.15) is 4.90 Å². The third-order valence-corrected chi connectivity index (χ3v) is 5.60. The second-order valence-electron chi connectivity index (χ2n) is 5.87. The molecule has 0 spiro atoms. The van der Waals surface area contributed by atoms with Crippen molar-refractivity contribution in [3.8, 4) is 11.5 Å². The smallest absolute Gasteiger partial charge is 0.339 e. The monoisotopic (exact) mass is 429 g/mol. The number of nitrogens with one attached hydrogen (secondary N) is 2. The van der Waals surface area contributed by atoms with Crippen LogP contribution in [0.25, 0.3) is 10.8 Å². The second kappa shape index (κ2) is 8.89. The van der Waals surface area contributed by atoms with Gasteiger partial charge in [0.2, 0.25) is 0 Å². The zero-order valence-corrected chi connectivity index (χ0v) is 17.4. The summed E-state index contributed by atoms with van der Waals surface area (Å²) in [5, 5.41) is 8.48. The zero-order chi connectivity index (χ0) is 20.9. The fourth-order valence-corrected chi connectivity index (χ4v) is 3.85. The molecule has 3 rings (SSSR count). The van der Waals surface area contributed by atoms with Gasteiger partial charge in [-0.25, -0.2) is 0 Å². The molecule has 150 valence electrons. The van der Waals surface area contributed by atoms with E-state index < -0.39 is 10.1 Å². The molecule has 0 saturated carbocycles. The molecule has 0 atom stereocenters. The third kappa shape index (κ3) is 4.82. The van der Waals surface area contributed by atoms with Crippen LogP contribution in [0.3, 0.4) is 0 Å². The van der Waals surface area contributed by atoms with Crippen molar-refractivity contribution in [1.29, 1.82) is 0 Å². The van der Waals surface area contributed by atoms with Gasteiger partial charge in [-0.2, -0.15) is 13.5 Å². The van der Waals surface area contributed by atoms with Crippen LogP contribution in [0.1, 0.15) is 5.56 Å². The van der Waals surface area contributed by atoms with Crippen molar-refractivity contribution in [2.75, 3.05) is 14.2 Å². The molecule has 0 aliphatic rings. The zero-order valence-electron chi connectivity index (χ0n) is 15.7. The summed E-state index contributed by atoms with van der Waals surface area (Å²) in [7, 11) is -0.959. The lowest BCUT2D eigenvalue weighted by Crippen LogP contribution is -2.28. The van der Waals surface area contributed by atoms with E-state index in [9.17, 15) is 8.42 Å². The van der Waals surface area contributed by atoms with Crippen LogP contribution >= 0.6 is 12.2 Å². The summed E-state index contributed by atoms with van der Waals surface area (Å²) in [6.45, 7) is 0. The fourth-order valence-electron chi connectivity index (χ4n) is 2.63. The van der Waals surface area contributed by atoms with Crippen LogP contribution in [0.15, 0.2) is 70.7 Å². The van der Waals surface area contributed by atoms with E-state index in [4.69, 9.17) is 21.1 Å². The number of hydrogen-bond donors (Lipinski definition) is 2. The minimum absolute atomic E-state index is 0.0799. The van der Waals surface area contributed by atoms with Gasteiger partial charge >= 0.3 is 10.1 Å². The Bertz CT molecular complexity index is 1170. The number of rotatable bonds is 6. The number of hydrazone groups is 1. The maximum Gasteiger partial charge on any atom is 0.339 e. The third-order valence-electron chi connectivity index (χ3n) is 4.01. The molecule has 0 bridgehead atoms. The summed E-state index contributed by atoms with van der Waals surface area (Å²) in [5.74, 6) is 0.338. The van der Waals surface area contributed by atoms with E-state index in [1.807, 2.05) is 18.2 Å². The molecule has 0 aliphatic heterocycles. The van der Waals surface area contributed by atoms with Gasteiger partial charge in [0.25, 0.3) is 0 Å². The van der Waals surface area contributed by atoms with E-state index >= 15 is 0 Å². The Kier molecular flexibility index (Phi) is 6.30. The van der Waals surface area contributed by atoms with Crippen LogP contribution in [-0.2, 0) is 10.1 Å². The van der Waals surface area contributed by atoms with Crippen molar-refractivity contribution in [3.63, 3.8) is 0 Å². The summed E-state index contributed by atoms with van der Waals surface area (Å²) in [5.41, 5.74) is 3.30. The van der Waals surface area contributed by atoms with Crippen molar-refractivity contribution in [3.05, 3.63) is 66.2 Å². The van der Waals surface area contributed by atoms with Gasteiger partial charge in [-0.15, -0.1) is 0 Å². The molecule has 0 aromatic heterocycles. The molecular formula is C20H19N3O4S2. The summed E-state index contributed by atoms with van der Waals surface area (Å²) in [6.07, 6.45) is 1.52. The molecule has 0 aliphatic carbocycles. The number of methoxy groups -OCH3 is 1. The minimum atomic E-state index is -4.07. The lowest BCUT2D eigenvalue weighted by molar-refractivity contribution is 0.390. The highest BCUT2D eigenvalue weighted by Crippen LogP contribution is 2.32. The molecule has 2 N–H and O–H groups in total. The van der Waals surface area contributed by atoms with Crippen LogP contribution in [0.2, 0.25) is 0 Å². The van der Waals surface area contributed by atoms with Gasteiger partial charge in [-0.1, -0.05) is 36.4 Å². The van der Waals surface area contributed by atoms with Crippen molar-refractivity contribution in [1.82, 2.24) is 10.7 Å². The van der Waals surface area contributed by atoms with E-state index in [0.29, 0.717) is 16.1 Å². The molecule has 7 nitrogen and oxygen atoms in total. The Morgan fingerprint density at radius 2 is 1.83 bits per heavy atom. The first-order valence-corrected chi connectivity index (χ1v) is 10.4. The summed E-state index contributed by atoms with van der Waals surface area (Å²) in [6, 6.07) is 17.0. The van der Waals surface area contributed by atoms with Crippen LogP contribution in [0, 0.1) is 0 Å². The number of thiocarbonyl (C=S) groups is 1. The first-order valence-electron chi connectivity index (χ1n) is 8.55. The minimum Gasteiger partial charge on any atom is -0.493 e. The lowest BCUT2D eigenvalue weighted by atomic mass is 10.1. The standard InChI is InChI=1S/C20H19N3O4S2/c1-21-20(28)23-22-13-14-10-11-17(18(12-14)26-2)27-29(24,25)19-9-5-7-15-6-3-4-8-16(15)19/h3-13H,1-2H3,(H2,21,23,28)/b22-13-. The number of fused-ring (bicyclic) bond motifs is 1. The first kappa shape index (κ1) is 20.6. The number of benzene rings is 3. The maximum atomic E-state index is 12.9. The van der Waals surface area contributed by atoms with Crippen molar-refractivity contribution in [2.24, 2.45) is 5.10 Å². The number of nitrogens with zero attached hydrogens (tertiary/aromatic N) is 1. The van der Waals surface area contributed by atoms with Gasteiger partial charge in [0.15, 0.2) is 16.6 Å². The van der Waals surface area contributed by atoms with Gasteiger partial charge in [0, 0.05) is 12.4 Å². The number of hydrogen-bond acceptors (Lipinski definition) is 6. The highest BCUT2D eigenvalue weighted by atomic mass is 32.2. The van der Waals surface area contributed by atoms with E-state index in [1.165, 1.54) is 25.5 Å². The molecular weight excluding hydrogens is 410 g/mol. The van der Waals surface area contributed by atoms with E-state index in [0.717, 1.165) is 5.39 Å². The van der Waals surface area contributed by atoms with Gasteiger partial charge < -0.3 is 14.2 Å². The van der Waals surface area contributed by atoms with Gasteiger partial charge in [-0.3, -0.25) is 5.43 Å². The molecule has 29 heavy (non-hydrogen) atoms. The molecule has 0 unspecified atom stereocenters. The SMILES string of the molecule is CNC(=S)N/N=C\c1ccc(OS(=O)(=O)c2cccc3ccccc23)c(OC)c1. The van der Waals surface area contributed by atoms with E-state index in [1.54, 1.807) is 37.4 Å². The summed E-state index contributed by atoms with van der Waals surface area (Å²) in [4.78, 5) is 0.0908. The highest BCUT2D eigenvalue weighted by Gasteiger charge is 2.21. The Balaban J connectivity index is 1.89. The number of ether oxygens (including phenoxy) is 1. The Hall–Kier alpha value is -3.17. The maximum absolute atomic E-state index is 12.9. The molecule has 0 fully saturated rings. The molecule has 0 saturated heterocycles. The Morgan fingerprint density at radius 1 is 1.07 bits per heavy atom. The predicted molar refractivity (Wildman–Crippen MR) is 117 cm³/mol. The average Bonchev–Trinajstić information content (AvgIpc) is 2.73. The fraction of sp³-hybridized carbons (Fsp3) is 0.100. The quantitative estimate of drug-likeness (QED) is 0.269. The predicted octanol–water partition coefficient (Wildman–Crippen LogP) is 3.04. The van der Waals surface area contributed by atoms with Crippen LogP contribution in [0.5, 0.6) is 11.5 Å². The molecule has 3 aromatic carbocycles. The lowest BCUT2D eigenvalue weighted by Gasteiger charge is -2.12. The normalized spacial score (nSPS) is 11.4. The molecule has 0 amide bonds. The Labute approximate surface area is 174 Å². The first-order chi connectivity index (χ1) is 13.9. The molecule has 0 radical (unpaired) electrons. The van der Waals surface area contributed by atoms with Crippen LogP contribution in [-0.4, -0.2) is 33.9 Å². The van der Waals surface area contributed by atoms with Crippen molar-refractivity contribution in [2.45, 2.75) is 4.90 Å². The Morgan fingerprint density at radius 3 is 2.59 bits per heavy atom. The molecule has 0 heterocycles. The largest absolute Gasteiger partial charge is 0.493 e. The van der Waals surface area contributed by atoms with Crippen LogP contribution in [0.4, 0.5) is 0 Å². The highest BCUT2D eigenvalue weighted by molar-refractivity contribution is 7.87. The molecule has 9 heteroatoms. The van der Waals surface area contributed by atoms with Gasteiger partial charge in [-0.05, 0) is 47.4 Å². The van der Waals surface area contributed by atoms with E-state index in [2.05, 4.69) is 15.8 Å². The van der Waals surface area contributed by atoms with Crippen molar-refractivity contribution < 1.29 is 17.3 Å². The summed E-state index contributed by atoms with van der Waals surface area (Å²) >= 11 is 4.93. The van der Waals surface area contributed by atoms with Crippen molar-refractivity contribution >= 4 is 44.4 Å². The van der Waals surface area contributed by atoms with Gasteiger partial charge in [0.05, 0.1) is 13.3 Å². The molecule has 3 aromatic rings. The topological polar surface area (TPSA) is 89.0 Å². The van der Waals surface area contributed by atoms with Crippen LogP contribution < -0.4 is 19.7 Å². The summed E-state index contributed by atoms with van der Waals surface area (Å²) < 4.78 is 36.5. The second-order valence-corrected chi connectivity index (χ2v) is 7.80. The average molecular weight is 430 g/mol.